The molecule has 2 aliphatic heterocycles. The predicted molar refractivity (Wildman–Crippen MR) is 74.5 cm³/mol. The Balaban J connectivity index is 2.03. The summed E-state index contributed by atoms with van der Waals surface area (Å²) in [5.74, 6) is 3.06. The standard InChI is InChI=1S/C14H18BrNO2/c1-8-3-11-9(6-16-8)7-18-14-12(11)4-10(17-2)5-13(14)15/h4-5,8-9,11,16H,3,6-7H2,1-2H3. The SMILES string of the molecule is COc1cc(Br)c2c(c1)C1CC(C)NCC1CO2. The van der Waals surface area contributed by atoms with Crippen molar-refractivity contribution in [3.8, 4) is 11.5 Å². The lowest BCUT2D eigenvalue weighted by Gasteiger charge is -2.40. The number of rotatable bonds is 1. The summed E-state index contributed by atoms with van der Waals surface area (Å²) >= 11 is 3.58. The van der Waals surface area contributed by atoms with E-state index >= 15 is 0 Å². The Morgan fingerprint density at radius 1 is 1.44 bits per heavy atom. The van der Waals surface area contributed by atoms with Gasteiger partial charge in [-0.3, -0.25) is 0 Å². The number of hydrogen-bond acceptors (Lipinski definition) is 3. The van der Waals surface area contributed by atoms with Crippen molar-refractivity contribution in [2.45, 2.75) is 25.3 Å². The monoisotopic (exact) mass is 311 g/mol. The van der Waals surface area contributed by atoms with Crippen LogP contribution in [0.2, 0.25) is 0 Å². The quantitative estimate of drug-likeness (QED) is 0.865. The molecule has 3 nitrogen and oxygen atoms in total. The highest BCUT2D eigenvalue weighted by Crippen LogP contribution is 2.46. The van der Waals surface area contributed by atoms with Gasteiger partial charge < -0.3 is 14.8 Å². The zero-order chi connectivity index (χ0) is 12.7. The van der Waals surface area contributed by atoms with E-state index in [0.29, 0.717) is 17.9 Å². The van der Waals surface area contributed by atoms with Gasteiger partial charge in [-0.25, -0.2) is 0 Å². The van der Waals surface area contributed by atoms with E-state index in [9.17, 15) is 0 Å². The summed E-state index contributed by atoms with van der Waals surface area (Å²) in [7, 11) is 1.71. The molecule has 2 aliphatic rings. The van der Waals surface area contributed by atoms with Crippen LogP contribution in [0.3, 0.4) is 0 Å². The van der Waals surface area contributed by atoms with Gasteiger partial charge in [-0.1, -0.05) is 0 Å². The highest BCUT2D eigenvalue weighted by atomic mass is 79.9. The van der Waals surface area contributed by atoms with Gasteiger partial charge in [0.1, 0.15) is 11.5 Å². The Kier molecular flexibility index (Phi) is 3.24. The Morgan fingerprint density at radius 2 is 2.28 bits per heavy atom. The molecule has 3 atom stereocenters. The van der Waals surface area contributed by atoms with Crippen molar-refractivity contribution >= 4 is 15.9 Å². The number of nitrogens with one attached hydrogen (secondary N) is 1. The van der Waals surface area contributed by atoms with Crippen LogP contribution < -0.4 is 14.8 Å². The van der Waals surface area contributed by atoms with Gasteiger partial charge in [0.05, 0.1) is 18.2 Å². The van der Waals surface area contributed by atoms with Gasteiger partial charge in [-0.15, -0.1) is 0 Å². The first-order valence-corrected chi connectivity index (χ1v) is 7.22. The van der Waals surface area contributed by atoms with Crippen molar-refractivity contribution in [3.63, 3.8) is 0 Å². The van der Waals surface area contributed by atoms with Crippen molar-refractivity contribution in [1.29, 1.82) is 0 Å². The molecule has 0 radical (unpaired) electrons. The first kappa shape index (κ1) is 12.3. The first-order valence-electron chi connectivity index (χ1n) is 6.42. The summed E-state index contributed by atoms with van der Waals surface area (Å²) in [6.07, 6.45) is 1.17. The molecule has 3 rings (SSSR count). The molecule has 3 unspecified atom stereocenters. The van der Waals surface area contributed by atoms with Crippen LogP contribution in [0, 0.1) is 5.92 Å². The number of benzene rings is 1. The smallest absolute Gasteiger partial charge is 0.137 e. The minimum Gasteiger partial charge on any atom is -0.497 e. The molecule has 1 aromatic rings. The third-order valence-corrected chi connectivity index (χ3v) is 4.62. The zero-order valence-corrected chi connectivity index (χ0v) is 12.3. The number of halogens is 1. The van der Waals surface area contributed by atoms with Gasteiger partial charge in [-0.2, -0.15) is 0 Å². The molecule has 0 amide bonds. The average molecular weight is 312 g/mol. The van der Waals surface area contributed by atoms with Crippen molar-refractivity contribution in [1.82, 2.24) is 5.32 Å². The number of fused-ring (bicyclic) bond motifs is 3. The van der Waals surface area contributed by atoms with Crippen LogP contribution in [0.1, 0.15) is 24.8 Å². The van der Waals surface area contributed by atoms with Gasteiger partial charge in [0, 0.05) is 24.1 Å². The molecule has 1 aromatic carbocycles. The van der Waals surface area contributed by atoms with Crippen LogP contribution in [0.25, 0.3) is 0 Å². The second-order valence-electron chi connectivity index (χ2n) is 5.25. The number of ether oxygens (including phenoxy) is 2. The van der Waals surface area contributed by atoms with Gasteiger partial charge in [-0.05, 0) is 47.3 Å². The number of hydrogen-bond donors (Lipinski definition) is 1. The van der Waals surface area contributed by atoms with Crippen molar-refractivity contribution < 1.29 is 9.47 Å². The first-order chi connectivity index (χ1) is 8.69. The molecule has 4 heteroatoms. The summed E-state index contributed by atoms with van der Waals surface area (Å²) in [5, 5.41) is 3.53. The maximum absolute atomic E-state index is 5.92. The van der Waals surface area contributed by atoms with E-state index in [1.54, 1.807) is 7.11 Å². The lowest BCUT2D eigenvalue weighted by atomic mass is 9.77. The second kappa shape index (κ2) is 4.74. The van der Waals surface area contributed by atoms with Gasteiger partial charge in [0.2, 0.25) is 0 Å². The molecule has 0 saturated carbocycles. The molecule has 1 fully saturated rings. The second-order valence-corrected chi connectivity index (χ2v) is 6.10. The summed E-state index contributed by atoms with van der Waals surface area (Å²) in [4.78, 5) is 0. The van der Waals surface area contributed by atoms with E-state index in [0.717, 1.165) is 29.1 Å². The molecule has 98 valence electrons. The summed E-state index contributed by atoms with van der Waals surface area (Å²) in [6, 6.07) is 4.68. The molecule has 1 N–H and O–H groups in total. The molecular weight excluding hydrogens is 294 g/mol. The fourth-order valence-corrected chi connectivity index (χ4v) is 3.60. The Bertz CT molecular complexity index is 463. The largest absolute Gasteiger partial charge is 0.497 e. The summed E-state index contributed by atoms with van der Waals surface area (Å²) < 4.78 is 12.3. The molecule has 0 aromatic heterocycles. The molecule has 2 heterocycles. The maximum atomic E-state index is 5.92. The highest BCUT2D eigenvalue weighted by molar-refractivity contribution is 9.10. The van der Waals surface area contributed by atoms with Crippen LogP contribution in [-0.2, 0) is 0 Å². The van der Waals surface area contributed by atoms with E-state index in [1.165, 1.54) is 12.0 Å². The maximum Gasteiger partial charge on any atom is 0.137 e. The number of methoxy groups -OCH3 is 1. The van der Waals surface area contributed by atoms with E-state index in [2.05, 4.69) is 34.2 Å². The zero-order valence-electron chi connectivity index (χ0n) is 10.7. The van der Waals surface area contributed by atoms with Gasteiger partial charge >= 0.3 is 0 Å². The fourth-order valence-electron chi connectivity index (χ4n) is 3.03. The third-order valence-electron chi connectivity index (χ3n) is 4.03. The van der Waals surface area contributed by atoms with Crippen LogP contribution in [0.5, 0.6) is 11.5 Å². The van der Waals surface area contributed by atoms with Crippen LogP contribution in [0.15, 0.2) is 16.6 Å². The van der Waals surface area contributed by atoms with E-state index < -0.39 is 0 Å². The van der Waals surface area contributed by atoms with Crippen molar-refractivity contribution in [2.24, 2.45) is 5.92 Å². The number of piperidine rings is 1. The van der Waals surface area contributed by atoms with Gasteiger partial charge in [0.15, 0.2) is 0 Å². The third kappa shape index (κ3) is 2.01. The molecule has 0 bridgehead atoms. The van der Waals surface area contributed by atoms with E-state index in [-0.39, 0.29) is 0 Å². The molecular formula is C14H18BrNO2. The molecule has 18 heavy (non-hydrogen) atoms. The Hall–Kier alpha value is -0.740. The van der Waals surface area contributed by atoms with Crippen molar-refractivity contribution in [3.05, 3.63) is 22.2 Å². The lowest BCUT2D eigenvalue weighted by molar-refractivity contribution is 0.151. The Labute approximate surface area is 116 Å². The van der Waals surface area contributed by atoms with Gasteiger partial charge in [0.25, 0.3) is 0 Å². The summed E-state index contributed by atoms with van der Waals surface area (Å²) in [6.45, 7) is 4.10. The minimum absolute atomic E-state index is 0.571. The molecule has 0 spiro atoms. The molecule has 0 aliphatic carbocycles. The van der Waals surface area contributed by atoms with Crippen LogP contribution in [0.4, 0.5) is 0 Å². The molecule has 1 saturated heterocycles. The Morgan fingerprint density at radius 3 is 3.06 bits per heavy atom. The normalized spacial score (nSPS) is 30.1. The van der Waals surface area contributed by atoms with Crippen molar-refractivity contribution in [2.75, 3.05) is 20.3 Å². The lowest BCUT2D eigenvalue weighted by Crippen LogP contribution is -2.45. The minimum atomic E-state index is 0.571. The van der Waals surface area contributed by atoms with Crippen LogP contribution >= 0.6 is 15.9 Å². The summed E-state index contributed by atoms with van der Waals surface area (Å²) in [5.41, 5.74) is 1.30. The van der Waals surface area contributed by atoms with E-state index in [4.69, 9.17) is 9.47 Å². The fraction of sp³-hybridized carbons (Fsp3) is 0.571. The van der Waals surface area contributed by atoms with E-state index in [1.807, 2.05) is 6.07 Å². The highest BCUT2D eigenvalue weighted by Gasteiger charge is 2.36. The average Bonchev–Trinajstić information content (AvgIpc) is 2.38. The predicted octanol–water partition coefficient (Wildman–Crippen LogP) is 2.93. The van der Waals surface area contributed by atoms with Crippen LogP contribution in [-0.4, -0.2) is 26.3 Å². The topological polar surface area (TPSA) is 30.5 Å².